The number of aromatic nitrogens is 3. The molecule has 0 radical (unpaired) electrons. The van der Waals surface area contributed by atoms with E-state index in [0.29, 0.717) is 40.4 Å². The SMILES string of the molecule is COCc1nc(C)ncc1OC[C@@]1(c2cccc(F)c2)C[C@H]1C(=O)Bc1cc(C)c(F)cn1. The monoisotopic (exact) mass is 451 g/mol. The number of aryl methyl sites for hydroxylation is 2. The quantitative estimate of drug-likeness (QED) is 0.466. The van der Waals surface area contributed by atoms with Crippen molar-refractivity contribution >= 4 is 18.6 Å². The Morgan fingerprint density at radius 1 is 1.21 bits per heavy atom. The van der Waals surface area contributed by atoms with Gasteiger partial charge in [0.05, 0.1) is 31.3 Å². The third-order valence-electron chi connectivity index (χ3n) is 6.04. The molecule has 6 nitrogen and oxygen atoms in total. The van der Waals surface area contributed by atoms with Gasteiger partial charge in [0.25, 0.3) is 7.28 Å². The van der Waals surface area contributed by atoms with Crippen molar-refractivity contribution in [1.82, 2.24) is 15.0 Å². The van der Waals surface area contributed by atoms with Crippen molar-refractivity contribution in [2.75, 3.05) is 13.7 Å². The van der Waals surface area contributed by atoms with Gasteiger partial charge in [-0.25, -0.2) is 18.7 Å². The first-order chi connectivity index (χ1) is 15.8. The summed E-state index contributed by atoms with van der Waals surface area (Å²) in [7, 11) is 1.64. The maximum absolute atomic E-state index is 14.0. The number of carbonyl (C=O) groups is 1. The maximum atomic E-state index is 14.0. The second-order valence-electron chi connectivity index (χ2n) is 8.44. The number of methoxy groups -OCH3 is 1. The average Bonchev–Trinajstić information content (AvgIpc) is 3.52. The van der Waals surface area contributed by atoms with Crippen LogP contribution in [0.1, 0.15) is 29.1 Å². The molecule has 33 heavy (non-hydrogen) atoms. The molecule has 1 aromatic carbocycles. The number of nitrogens with zero attached hydrogens (tertiary/aromatic N) is 3. The third kappa shape index (κ3) is 4.93. The molecule has 0 aliphatic heterocycles. The van der Waals surface area contributed by atoms with Crippen molar-refractivity contribution in [3.8, 4) is 5.75 Å². The van der Waals surface area contributed by atoms with Crippen molar-refractivity contribution in [1.29, 1.82) is 0 Å². The number of pyridine rings is 1. The highest BCUT2D eigenvalue weighted by molar-refractivity contribution is 6.84. The molecule has 2 heterocycles. The van der Waals surface area contributed by atoms with Crippen LogP contribution in [0.4, 0.5) is 8.78 Å². The second-order valence-corrected chi connectivity index (χ2v) is 8.44. The van der Waals surface area contributed by atoms with Crippen LogP contribution in [0.2, 0.25) is 0 Å². The summed E-state index contributed by atoms with van der Waals surface area (Å²) in [4.78, 5) is 25.7. The van der Waals surface area contributed by atoms with Crippen LogP contribution in [-0.2, 0) is 21.6 Å². The molecule has 0 amide bonds. The molecule has 1 aliphatic carbocycles. The zero-order chi connectivity index (χ0) is 23.6. The summed E-state index contributed by atoms with van der Waals surface area (Å²) in [5.74, 6) is -0.0986. The van der Waals surface area contributed by atoms with E-state index in [4.69, 9.17) is 9.47 Å². The largest absolute Gasteiger partial charge is 0.489 e. The van der Waals surface area contributed by atoms with Gasteiger partial charge in [-0.1, -0.05) is 12.1 Å². The summed E-state index contributed by atoms with van der Waals surface area (Å²) in [6.07, 6.45) is 3.23. The molecule has 1 saturated carbocycles. The minimum absolute atomic E-state index is 0.0429. The number of rotatable bonds is 9. The fourth-order valence-corrected chi connectivity index (χ4v) is 4.16. The molecule has 1 aliphatic rings. The van der Waals surface area contributed by atoms with E-state index in [2.05, 4.69) is 15.0 Å². The summed E-state index contributed by atoms with van der Waals surface area (Å²) >= 11 is 0. The number of hydrogen-bond donors (Lipinski definition) is 0. The lowest BCUT2D eigenvalue weighted by atomic mass is 9.66. The predicted octanol–water partition coefficient (Wildman–Crippen LogP) is 2.54. The molecular formula is C24H24BF2N3O3. The molecule has 170 valence electrons. The molecule has 1 fully saturated rings. The Labute approximate surface area is 191 Å². The summed E-state index contributed by atoms with van der Waals surface area (Å²) in [6, 6.07) is 7.83. The van der Waals surface area contributed by atoms with Crippen LogP contribution < -0.4 is 10.3 Å². The lowest BCUT2D eigenvalue weighted by Crippen LogP contribution is -2.32. The molecule has 2 atom stereocenters. The number of halogens is 2. The average molecular weight is 451 g/mol. The van der Waals surface area contributed by atoms with Gasteiger partial charge in [-0.3, -0.25) is 4.98 Å². The second kappa shape index (κ2) is 9.35. The first-order valence-corrected chi connectivity index (χ1v) is 10.7. The van der Waals surface area contributed by atoms with E-state index >= 15 is 0 Å². The van der Waals surface area contributed by atoms with Gasteiger partial charge in [-0.05, 0) is 49.6 Å². The lowest BCUT2D eigenvalue weighted by molar-refractivity contribution is -0.113. The standard InChI is InChI=1S/C24H24BF2N3O3/c1-14-7-22(29-10-19(14)27)25-23(31)18-9-24(18,16-5-4-6-17(26)8-16)13-33-21-11-28-15(2)30-20(21)12-32-3/h4-8,10-11,18,25H,9,12-13H2,1-3H3/t18-,24+/m0/s1. The predicted molar refractivity (Wildman–Crippen MR) is 120 cm³/mol. The zero-order valence-corrected chi connectivity index (χ0v) is 18.8. The lowest BCUT2D eigenvalue weighted by Gasteiger charge is -2.20. The van der Waals surface area contributed by atoms with Crippen LogP contribution in [0.3, 0.4) is 0 Å². The van der Waals surface area contributed by atoms with Crippen molar-refractivity contribution in [3.63, 3.8) is 0 Å². The topological polar surface area (TPSA) is 74.2 Å². The van der Waals surface area contributed by atoms with Crippen LogP contribution in [0.15, 0.2) is 42.7 Å². The van der Waals surface area contributed by atoms with Gasteiger partial charge >= 0.3 is 0 Å². The number of carbonyl (C=O) groups excluding carboxylic acids is 1. The highest BCUT2D eigenvalue weighted by Crippen LogP contribution is 2.55. The Morgan fingerprint density at radius 3 is 2.76 bits per heavy atom. The van der Waals surface area contributed by atoms with Crippen molar-refractivity contribution in [2.45, 2.75) is 32.3 Å². The van der Waals surface area contributed by atoms with E-state index in [1.54, 1.807) is 39.3 Å². The molecule has 0 bridgehead atoms. The van der Waals surface area contributed by atoms with Crippen LogP contribution >= 0.6 is 0 Å². The highest BCUT2D eigenvalue weighted by atomic mass is 19.1. The van der Waals surface area contributed by atoms with E-state index in [-0.39, 0.29) is 37.9 Å². The molecule has 0 N–H and O–H groups in total. The Balaban J connectivity index is 1.58. The maximum Gasteiger partial charge on any atom is 0.263 e. The Hall–Kier alpha value is -3.20. The van der Waals surface area contributed by atoms with E-state index in [1.807, 2.05) is 6.07 Å². The number of hydrogen-bond acceptors (Lipinski definition) is 6. The highest BCUT2D eigenvalue weighted by Gasteiger charge is 2.59. The summed E-state index contributed by atoms with van der Waals surface area (Å²) in [5, 5.41) is 0. The molecule has 0 spiro atoms. The summed E-state index contributed by atoms with van der Waals surface area (Å²) < 4.78 is 38.9. The van der Waals surface area contributed by atoms with E-state index in [0.717, 1.165) is 6.20 Å². The van der Waals surface area contributed by atoms with Crippen molar-refractivity contribution in [2.24, 2.45) is 5.92 Å². The van der Waals surface area contributed by atoms with Gasteiger partial charge in [-0.15, -0.1) is 0 Å². The van der Waals surface area contributed by atoms with Gasteiger partial charge in [0, 0.05) is 24.0 Å². The molecule has 0 unspecified atom stereocenters. The van der Waals surface area contributed by atoms with Gasteiger partial charge in [0.1, 0.15) is 23.2 Å². The minimum Gasteiger partial charge on any atom is -0.489 e. The van der Waals surface area contributed by atoms with Crippen LogP contribution in [0.25, 0.3) is 0 Å². The number of benzene rings is 1. The normalized spacial score (nSPS) is 19.2. The van der Waals surface area contributed by atoms with Crippen LogP contribution in [0.5, 0.6) is 5.75 Å². The Morgan fingerprint density at radius 2 is 2.03 bits per heavy atom. The Bertz CT molecular complexity index is 1190. The molecule has 9 heteroatoms. The van der Waals surface area contributed by atoms with Gasteiger partial charge < -0.3 is 14.3 Å². The molecule has 0 saturated heterocycles. The fourth-order valence-electron chi connectivity index (χ4n) is 4.16. The zero-order valence-electron chi connectivity index (χ0n) is 18.8. The van der Waals surface area contributed by atoms with Gasteiger partial charge in [-0.2, -0.15) is 0 Å². The van der Waals surface area contributed by atoms with E-state index < -0.39 is 11.2 Å². The first kappa shape index (κ1) is 23.0. The molecular weight excluding hydrogens is 427 g/mol. The molecule has 3 aromatic rings. The molecule has 4 rings (SSSR count). The summed E-state index contributed by atoms with van der Waals surface area (Å²) in [6.45, 7) is 3.82. The van der Waals surface area contributed by atoms with Crippen LogP contribution in [-0.4, -0.2) is 41.6 Å². The Kier molecular flexibility index (Phi) is 6.51. The molecule has 2 aromatic heterocycles. The van der Waals surface area contributed by atoms with E-state index in [1.165, 1.54) is 12.1 Å². The van der Waals surface area contributed by atoms with Crippen LogP contribution in [0, 0.1) is 31.4 Å². The summed E-state index contributed by atoms with van der Waals surface area (Å²) in [5.41, 5.74) is 1.53. The first-order valence-electron chi connectivity index (χ1n) is 10.7. The van der Waals surface area contributed by atoms with Crippen molar-refractivity contribution < 1.29 is 23.0 Å². The van der Waals surface area contributed by atoms with Gasteiger partial charge in [0.15, 0.2) is 5.75 Å². The number of ether oxygens (including phenoxy) is 2. The van der Waals surface area contributed by atoms with E-state index in [9.17, 15) is 13.6 Å². The smallest absolute Gasteiger partial charge is 0.263 e. The van der Waals surface area contributed by atoms with Crippen molar-refractivity contribution in [3.05, 3.63) is 77.0 Å². The fraction of sp³-hybridized carbons (Fsp3) is 0.333. The third-order valence-corrected chi connectivity index (χ3v) is 6.04. The van der Waals surface area contributed by atoms with Gasteiger partial charge in [0.2, 0.25) is 0 Å². The minimum atomic E-state index is -0.677.